The molecule has 9 aromatic rings. The number of rotatable bonds is 3. The molecule has 0 unspecified atom stereocenters. The van der Waals surface area contributed by atoms with Crippen LogP contribution in [0.25, 0.3) is 59.4 Å². The Morgan fingerprint density at radius 3 is 2.25 bits per heavy atom. The van der Waals surface area contributed by atoms with E-state index in [4.69, 9.17) is 4.98 Å². The monoisotopic (exact) mass is 581 g/mol. The zero-order valence-electron chi connectivity index (χ0n) is 24.4. The van der Waals surface area contributed by atoms with Crippen LogP contribution in [0.15, 0.2) is 127 Å². The molecule has 4 heteroatoms. The van der Waals surface area contributed by atoms with Crippen LogP contribution in [0.1, 0.15) is 25.0 Å². The SMILES string of the molecule is CC1(C)c2ccccc2-c2ccc(N(c3ccccc3)c3ccc4c(c3)c3c5scnc5cc5c6ccccc6n4c53)cc21. The summed E-state index contributed by atoms with van der Waals surface area (Å²) in [5.41, 5.74) is 15.6. The highest BCUT2D eigenvalue weighted by Crippen LogP contribution is 2.51. The average molecular weight is 582 g/mol. The Bertz CT molecular complexity index is 2590. The normalized spacial score (nSPS) is 13.9. The number of aromatic nitrogens is 2. The van der Waals surface area contributed by atoms with Gasteiger partial charge in [-0.3, -0.25) is 0 Å². The number of anilines is 3. The highest BCUT2D eigenvalue weighted by molar-refractivity contribution is 7.18. The maximum atomic E-state index is 4.78. The molecular weight excluding hydrogens is 555 g/mol. The Morgan fingerprint density at radius 1 is 0.614 bits per heavy atom. The van der Waals surface area contributed by atoms with E-state index in [1.165, 1.54) is 70.7 Å². The van der Waals surface area contributed by atoms with Crippen molar-refractivity contribution in [2.24, 2.45) is 0 Å². The topological polar surface area (TPSA) is 20.5 Å². The van der Waals surface area contributed by atoms with Crippen LogP contribution in [-0.4, -0.2) is 9.38 Å². The summed E-state index contributed by atoms with van der Waals surface area (Å²) < 4.78 is 3.71. The lowest BCUT2D eigenvalue weighted by Gasteiger charge is -2.28. The molecule has 3 nitrogen and oxygen atoms in total. The minimum Gasteiger partial charge on any atom is -0.310 e. The van der Waals surface area contributed by atoms with E-state index in [0.717, 1.165) is 16.9 Å². The molecule has 3 aromatic heterocycles. The van der Waals surface area contributed by atoms with E-state index in [9.17, 15) is 0 Å². The van der Waals surface area contributed by atoms with E-state index in [1.807, 2.05) is 5.51 Å². The molecule has 208 valence electrons. The van der Waals surface area contributed by atoms with Crippen LogP contribution < -0.4 is 4.90 Å². The zero-order valence-corrected chi connectivity index (χ0v) is 25.2. The Hall–Kier alpha value is -5.19. The van der Waals surface area contributed by atoms with Gasteiger partial charge in [0.1, 0.15) is 0 Å². The molecule has 0 aliphatic heterocycles. The number of benzene rings is 6. The van der Waals surface area contributed by atoms with E-state index in [2.05, 4.69) is 144 Å². The second kappa shape index (κ2) is 8.46. The van der Waals surface area contributed by atoms with Crippen molar-refractivity contribution in [2.75, 3.05) is 4.90 Å². The summed E-state index contributed by atoms with van der Waals surface area (Å²) in [5.74, 6) is 0. The largest absolute Gasteiger partial charge is 0.310 e. The quantitative estimate of drug-likeness (QED) is 0.207. The molecule has 3 heterocycles. The summed E-state index contributed by atoms with van der Waals surface area (Å²) in [6.45, 7) is 4.70. The molecule has 0 atom stereocenters. The summed E-state index contributed by atoms with van der Waals surface area (Å²) in [6.07, 6.45) is 0. The van der Waals surface area contributed by atoms with Crippen molar-refractivity contribution in [2.45, 2.75) is 19.3 Å². The predicted molar refractivity (Wildman–Crippen MR) is 187 cm³/mol. The van der Waals surface area contributed by atoms with Crippen molar-refractivity contribution in [3.05, 3.63) is 138 Å². The van der Waals surface area contributed by atoms with Gasteiger partial charge in [0.25, 0.3) is 0 Å². The Labute approximate surface area is 258 Å². The fourth-order valence-electron chi connectivity index (χ4n) is 7.86. The number of thiazole rings is 1. The number of fused-ring (bicyclic) bond motifs is 11. The van der Waals surface area contributed by atoms with Gasteiger partial charge in [-0.25, -0.2) is 4.98 Å². The minimum atomic E-state index is -0.0692. The molecule has 44 heavy (non-hydrogen) atoms. The second-order valence-electron chi connectivity index (χ2n) is 12.5. The van der Waals surface area contributed by atoms with E-state index < -0.39 is 0 Å². The van der Waals surface area contributed by atoms with Gasteiger partial charge in [0.15, 0.2) is 0 Å². The Morgan fingerprint density at radius 2 is 1.34 bits per heavy atom. The van der Waals surface area contributed by atoms with Crippen molar-refractivity contribution in [3.63, 3.8) is 0 Å². The first-order valence-corrected chi connectivity index (χ1v) is 16.0. The molecule has 6 aromatic carbocycles. The van der Waals surface area contributed by atoms with Gasteiger partial charge in [-0.1, -0.05) is 80.6 Å². The maximum Gasteiger partial charge on any atom is 0.0826 e. The highest BCUT2D eigenvalue weighted by atomic mass is 32.1. The molecule has 0 saturated carbocycles. The highest BCUT2D eigenvalue weighted by Gasteiger charge is 2.35. The molecular formula is C40H27N3S. The molecule has 0 amide bonds. The van der Waals surface area contributed by atoms with E-state index >= 15 is 0 Å². The average Bonchev–Trinajstić information content (AvgIpc) is 3.80. The summed E-state index contributed by atoms with van der Waals surface area (Å²) >= 11 is 1.74. The van der Waals surface area contributed by atoms with Gasteiger partial charge < -0.3 is 9.30 Å². The van der Waals surface area contributed by atoms with Gasteiger partial charge in [0, 0.05) is 44.0 Å². The molecule has 1 aliphatic carbocycles. The van der Waals surface area contributed by atoms with Crippen LogP contribution in [0.3, 0.4) is 0 Å². The van der Waals surface area contributed by atoms with Gasteiger partial charge in [-0.2, -0.15) is 0 Å². The van der Waals surface area contributed by atoms with Gasteiger partial charge in [0.05, 0.1) is 32.3 Å². The minimum absolute atomic E-state index is 0.0692. The van der Waals surface area contributed by atoms with Crippen LogP contribution in [-0.2, 0) is 5.41 Å². The van der Waals surface area contributed by atoms with Crippen molar-refractivity contribution in [3.8, 4) is 11.1 Å². The Kier molecular flexibility index (Phi) is 4.67. The molecule has 0 saturated heterocycles. The standard InChI is InChI=1S/C40H27N3S/c1-40(2)32-14-8-6-12-27(32)28-18-16-26(21-33(28)40)42(24-10-4-3-5-11-24)25-17-19-36-31(20-25)37-38-30(22-34-39(37)44-23-41-34)29-13-7-9-15-35(29)43(36)38/h3-23H,1-2H3. The third-order valence-corrected chi connectivity index (χ3v) is 10.7. The molecule has 0 spiro atoms. The fraction of sp³-hybridized carbons (Fsp3) is 0.0750. The van der Waals surface area contributed by atoms with Crippen LogP contribution in [0.2, 0.25) is 0 Å². The third-order valence-electron chi connectivity index (χ3n) is 9.84. The van der Waals surface area contributed by atoms with Crippen molar-refractivity contribution in [1.82, 2.24) is 9.38 Å². The molecule has 10 rings (SSSR count). The number of para-hydroxylation sites is 2. The second-order valence-corrected chi connectivity index (χ2v) is 13.3. The first-order chi connectivity index (χ1) is 21.6. The first-order valence-electron chi connectivity index (χ1n) is 15.1. The van der Waals surface area contributed by atoms with E-state index in [-0.39, 0.29) is 5.41 Å². The van der Waals surface area contributed by atoms with Crippen LogP contribution in [0.4, 0.5) is 17.1 Å². The van der Waals surface area contributed by atoms with Crippen molar-refractivity contribution < 1.29 is 0 Å². The molecule has 0 radical (unpaired) electrons. The van der Waals surface area contributed by atoms with Gasteiger partial charge >= 0.3 is 0 Å². The molecule has 0 N–H and O–H groups in total. The lowest BCUT2D eigenvalue weighted by molar-refractivity contribution is 0.660. The summed E-state index contributed by atoms with van der Waals surface area (Å²) in [5, 5.41) is 5.11. The smallest absolute Gasteiger partial charge is 0.0826 e. The number of hydrogen-bond donors (Lipinski definition) is 0. The number of hydrogen-bond acceptors (Lipinski definition) is 3. The number of nitrogens with zero attached hydrogens (tertiary/aromatic N) is 3. The molecule has 0 bridgehead atoms. The van der Waals surface area contributed by atoms with Gasteiger partial charge in [0.2, 0.25) is 0 Å². The summed E-state index contributed by atoms with van der Waals surface area (Å²) in [4.78, 5) is 7.19. The summed E-state index contributed by atoms with van der Waals surface area (Å²) in [6, 6.07) is 44.7. The summed E-state index contributed by atoms with van der Waals surface area (Å²) in [7, 11) is 0. The van der Waals surface area contributed by atoms with E-state index in [0.29, 0.717) is 0 Å². The van der Waals surface area contributed by atoms with Crippen LogP contribution in [0, 0.1) is 0 Å². The maximum absolute atomic E-state index is 4.78. The van der Waals surface area contributed by atoms with Crippen LogP contribution >= 0.6 is 11.3 Å². The lowest BCUT2D eigenvalue weighted by atomic mass is 9.82. The van der Waals surface area contributed by atoms with Gasteiger partial charge in [-0.05, 0) is 76.9 Å². The third kappa shape index (κ3) is 3.03. The molecule has 1 aliphatic rings. The zero-order chi connectivity index (χ0) is 29.2. The Balaban J connectivity index is 1.26. The van der Waals surface area contributed by atoms with Crippen LogP contribution in [0.5, 0.6) is 0 Å². The van der Waals surface area contributed by atoms with Crippen molar-refractivity contribution in [1.29, 1.82) is 0 Å². The van der Waals surface area contributed by atoms with E-state index in [1.54, 1.807) is 11.3 Å². The lowest BCUT2D eigenvalue weighted by Crippen LogP contribution is -2.16. The van der Waals surface area contributed by atoms with Crippen molar-refractivity contribution >= 4 is 76.7 Å². The predicted octanol–water partition coefficient (Wildman–Crippen LogP) is 11.2. The van der Waals surface area contributed by atoms with Gasteiger partial charge in [-0.15, -0.1) is 11.3 Å². The first kappa shape index (κ1) is 24.3. The molecule has 0 fully saturated rings. The fourth-order valence-corrected chi connectivity index (χ4v) is 8.69.